The van der Waals surface area contributed by atoms with Crippen molar-refractivity contribution in [3.05, 3.63) is 64.4 Å². The van der Waals surface area contributed by atoms with Gasteiger partial charge < -0.3 is 14.6 Å². The Morgan fingerprint density at radius 1 is 1.12 bits per heavy atom. The number of hydrogen-bond donors (Lipinski definition) is 1. The summed E-state index contributed by atoms with van der Waals surface area (Å²) < 4.78 is 45.3. The van der Waals surface area contributed by atoms with Crippen LogP contribution in [-0.4, -0.2) is 48.6 Å². The zero-order chi connectivity index (χ0) is 23.2. The van der Waals surface area contributed by atoms with E-state index in [1.165, 1.54) is 46.2 Å². The van der Waals surface area contributed by atoms with Crippen LogP contribution in [0.2, 0.25) is 0 Å². The van der Waals surface area contributed by atoms with Gasteiger partial charge in [0.1, 0.15) is 0 Å². The number of likely N-dealkylation sites (N-methyl/N-ethyl adjacent to an activating group) is 1. The molecule has 166 valence electrons. The van der Waals surface area contributed by atoms with E-state index in [0.717, 1.165) is 6.07 Å². The molecular formula is C22H18F3N3O4. The van der Waals surface area contributed by atoms with Crippen molar-refractivity contribution < 1.29 is 27.5 Å². The third-order valence-electron chi connectivity index (χ3n) is 5.19. The van der Waals surface area contributed by atoms with Gasteiger partial charge in [0, 0.05) is 36.4 Å². The molecule has 2 amide bonds. The molecule has 0 bridgehead atoms. The van der Waals surface area contributed by atoms with Crippen molar-refractivity contribution in [2.75, 3.05) is 25.5 Å². The first-order valence-electron chi connectivity index (χ1n) is 9.59. The first-order chi connectivity index (χ1) is 15.1. The Kier molecular flexibility index (Phi) is 5.15. The smallest absolute Gasteiger partial charge is 0.417 e. The fraction of sp³-hybridized carbons (Fsp3) is 0.227. The molecule has 7 nitrogen and oxygen atoms in total. The number of ether oxygens (including phenoxy) is 1. The summed E-state index contributed by atoms with van der Waals surface area (Å²) in [6.45, 7) is -0.0176. The average Bonchev–Trinajstić information content (AvgIpc) is 3.13. The molecule has 2 aromatic carbocycles. The molecule has 1 N–H and O–H groups in total. The number of pyridine rings is 1. The van der Waals surface area contributed by atoms with E-state index in [0.29, 0.717) is 11.1 Å². The number of amides is 2. The van der Waals surface area contributed by atoms with Crippen LogP contribution in [0.1, 0.15) is 5.56 Å². The highest BCUT2D eigenvalue weighted by Gasteiger charge is 2.38. The number of H-pyrrole nitrogens is 1. The molecule has 1 saturated heterocycles. The lowest BCUT2D eigenvalue weighted by Gasteiger charge is -2.16. The summed E-state index contributed by atoms with van der Waals surface area (Å²) in [7, 11) is 3.09. The molecule has 2 heterocycles. The van der Waals surface area contributed by atoms with Crippen LogP contribution in [0.3, 0.4) is 0 Å². The predicted molar refractivity (Wildman–Crippen MR) is 111 cm³/mol. The van der Waals surface area contributed by atoms with Gasteiger partial charge in [-0.15, -0.1) is 0 Å². The van der Waals surface area contributed by atoms with Crippen molar-refractivity contribution in [2.24, 2.45) is 0 Å². The second-order valence-electron chi connectivity index (χ2n) is 7.54. The maximum absolute atomic E-state index is 13.4. The lowest BCUT2D eigenvalue weighted by molar-refractivity contribution is -0.137. The topological polar surface area (TPSA) is 82.7 Å². The number of carbonyl (C=O) groups excluding carboxylic acids is 2. The van der Waals surface area contributed by atoms with Gasteiger partial charge in [-0.25, -0.2) is 4.79 Å². The predicted octanol–water partition coefficient (Wildman–Crippen LogP) is 3.63. The van der Waals surface area contributed by atoms with Crippen molar-refractivity contribution >= 4 is 28.5 Å². The molecule has 0 aliphatic carbocycles. The number of cyclic esters (lactones) is 1. The molecule has 4 rings (SSSR count). The SMILES string of the molecule is CN(C)C(=O)C1CN(c2ccc3cc(-c4ccccc4C(F)(F)F)[nH]c(=O)c3c2)C(=O)O1. The van der Waals surface area contributed by atoms with E-state index in [-0.39, 0.29) is 29.1 Å². The van der Waals surface area contributed by atoms with Crippen LogP contribution >= 0.6 is 0 Å². The van der Waals surface area contributed by atoms with Crippen LogP contribution in [0.4, 0.5) is 23.7 Å². The summed E-state index contributed by atoms with van der Waals surface area (Å²) in [6, 6.07) is 11.0. The quantitative estimate of drug-likeness (QED) is 0.668. The lowest BCUT2D eigenvalue weighted by Crippen LogP contribution is -2.36. The van der Waals surface area contributed by atoms with Crippen LogP contribution in [-0.2, 0) is 15.7 Å². The third kappa shape index (κ3) is 3.79. The zero-order valence-electron chi connectivity index (χ0n) is 17.1. The highest BCUT2D eigenvalue weighted by Crippen LogP contribution is 2.36. The Balaban J connectivity index is 1.73. The molecule has 1 unspecified atom stereocenters. The number of halogens is 3. The number of nitrogens with one attached hydrogen (secondary N) is 1. The standard InChI is InChI=1S/C22H18F3N3O4/c1-27(2)20(30)18-11-28(21(31)32-18)13-8-7-12-9-17(26-19(29)15(12)10-13)14-5-3-4-6-16(14)22(23,24)25/h3-10,18H,11H2,1-2H3,(H,26,29). The van der Waals surface area contributed by atoms with Crippen LogP contribution in [0, 0.1) is 0 Å². The third-order valence-corrected chi connectivity index (χ3v) is 5.19. The van der Waals surface area contributed by atoms with Crippen LogP contribution < -0.4 is 10.5 Å². The number of benzene rings is 2. The number of rotatable bonds is 3. The van der Waals surface area contributed by atoms with Gasteiger partial charge in [-0.05, 0) is 29.7 Å². The van der Waals surface area contributed by atoms with Crippen LogP contribution in [0.5, 0.6) is 0 Å². The van der Waals surface area contributed by atoms with Crippen molar-refractivity contribution in [1.29, 1.82) is 0 Å². The number of carbonyl (C=O) groups is 2. The molecule has 3 aromatic rings. The van der Waals surface area contributed by atoms with Crippen LogP contribution in [0.25, 0.3) is 22.0 Å². The minimum absolute atomic E-state index is 0.0176. The fourth-order valence-electron chi connectivity index (χ4n) is 3.62. The number of nitrogens with zero attached hydrogens (tertiary/aromatic N) is 2. The van der Waals surface area contributed by atoms with Gasteiger partial charge in [0.05, 0.1) is 12.1 Å². The molecule has 1 aliphatic rings. The Bertz CT molecular complexity index is 1280. The van der Waals surface area contributed by atoms with Gasteiger partial charge in [-0.2, -0.15) is 13.2 Å². The summed E-state index contributed by atoms with van der Waals surface area (Å²) in [6.07, 6.45) is -6.27. The molecule has 1 fully saturated rings. The number of fused-ring (bicyclic) bond motifs is 1. The normalized spacial score (nSPS) is 16.3. The maximum atomic E-state index is 13.4. The van der Waals surface area contributed by atoms with Gasteiger partial charge in [-0.1, -0.05) is 24.3 Å². The Labute approximate surface area is 180 Å². The fourth-order valence-corrected chi connectivity index (χ4v) is 3.62. The van der Waals surface area contributed by atoms with E-state index in [4.69, 9.17) is 4.74 Å². The Morgan fingerprint density at radius 2 is 1.84 bits per heavy atom. The van der Waals surface area contributed by atoms with E-state index in [1.54, 1.807) is 20.2 Å². The Morgan fingerprint density at radius 3 is 2.53 bits per heavy atom. The van der Waals surface area contributed by atoms with Crippen LogP contribution in [0.15, 0.2) is 53.3 Å². The first kappa shape index (κ1) is 21.4. The summed E-state index contributed by atoms with van der Waals surface area (Å²) in [5, 5.41) is 0.587. The molecule has 32 heavy (non-hydrogen) atoms. The number of aromatic amines is 1. The number of aromatic nitrogens is 1. The molecule has 0 spiro atoms. The highest BCUT2D eigenvalue weighted by molar-refractivity contribution is 5.98. The van der Waals surface area contributed by atoms with Crippen molar-refractivity contribution in [1.82, 2.24) is 9.88 Å². The van der Waals surface area contributed by atoms with Gasteiger partial charge in [0.25, 0.3) is 11.5 Å². The van der Waals surface area contributed by atoms with Crippen molar-refractivity contribution in [3.63, 3.8) is 0 Å². The summed E-state index contributed by atoms with van der Waals surface area (Å²) >= 11 is 0. The van der Waals surface area contributed by atoms with E-state index < -0.39 is 29.5 Å². The minimum Gasteiger partial charge on any atom is -0.434 e. The van der Waals surface area contributed by atoms with Gasteiger partial charge in [0.15, 0.2) is 6.10 Å². The molecule has 10 heteroatoms. The second-order valence-corrected chi connectivity index (χ2v) is 7.54. The van der Waals surface area contributed by atoms with E-state index in [9.17, 15) is 27.6 Å². The van der Waals surface area contributed by atoms with E-state index >= 15 is 0 Å². The summed E-state index contributed by atoms with van der Waals surface area (Å²) in [5.41, 5.74) is -1.24. The Hall–Kier alpha value is -3.82. The maximum Gasteiger partial charge on any atom is 0.417 e. The van der Waals surface area contributed by atoms with E-state index in [2.05, 4.69) is 4.98 Å². The zero-order valence-corrected chi connectivity index (χ0v) is 17.1. The van der Waals surface area contributed by atoms with E-state index in [1.807, 2.05) is 0 Å². The number of alkyl halides is 3. The molecule has 1 aliphatic heterocycles. The minimum atomic E-state index is -4.58. The highest BCUT2D eigenvalue weighted by atomic mass is 19.4. The number of anilines is 1. The summed E-state index contributed by atoms with van der Waals surface area (Å²) in [4.78, 5) is 42.1. The van der Waals surface area contributed by atoms with Gasteiger partial charge >= 0.3 is 12.3 Å². The molecule has 0 saturated carbocycles. The van der Waals surface area contributed by atoms with Crippen molar-refractivity contribution in [3.8, 4) is 11.3 Å². The lowest BCUT2D eigenvalue weighted by atomic mass is 10.0. The molecule has 1 atom stereocenters. The van der Waals surface area contributed by atoms with Crippen molar-refractivity contribution in [2.45, 2.75) is 12.3 Å². The van der Waals surface area contributed by atoms with Gasteiger partial charge in [0.2, 0.25) is 0 Å². The molecule has 0 radical (unpaired) electrons. The monoisotopic (exact) mass is 445 g/mol. The largest absolute Gasteiger partial charge is 0.434 e. The molecule has 1 aromatic heterocycles. The van der Waals surface area contributed by atoms with Gasteiger partial charge in [-0.3, -0.25) is 14.5 Å². The first-order valence-corrected chi connectivity index (χ1v) is 9.59. The average molecular weight is 445 g/mol. The number of hydrogen-bond acceptors (Lipinski definition) is 4. The second kappa shape index (κ2) is 7.70. The molecular weight excluding hydrogens is 427 g/mol. The summed E-state index contributed by atoms with van der Waals surface area (Å²) in [5.74, 6) is -0.368.